The maximum Gasteiger partial charge on any atom is 0.414 e. The molecular weight excluding hydrogens is 568 g/mol. The van der Waals surface area contributed by atoms with Gasteiger partial charge in [0.2, 0.25) is 10.0 Å². The van der Waals surface area contributed by atoms with Gasteiger partial charge < -0.3 is 14.5 Å². The van der Waals surface area contributed by atoms with E-state index in [2.05, 4.69) is 14.9 Å². The summed E-state index contributed by atoms with van der Waals surface area (Å²) in [4.78, 5) is 40.7. The van der Waals surface area contributed by atoms with E-state index in [1.807, 2.05) is 37.8 Å². The number of hydrogen-bond acceptors (Lipinski definition) is 8. The average molecular weight is 605 g/mol. The van der Waals surface area contributed by atoms with Crippen molar-refractivity contribution in [1.29, 1.82) is 0 Å². The van der Waals surface area contributed by atoms with Gasteiger partial charge in [0.15, 0.2) is 0 Å². The number of anilines is 1. The van der Waals surface area contributed by atoms with E-state index in [0.717, 1.165) is 51.0 Å². The average Bonchev–Trinajstić information content (AvgIpc) is 3.43. The van der Waals surface area contributed by atoms with Crippen LogP contribution in [0, 0.1) is 32.6 Å². The summed E-state index contributed by atoms with van der Waals surface area (Å²) in [5.41, 5.74) is 3.59. The molecule has 3 aliphatic heterocycles. The Hall–Kier alpha value is -2.80. The van der Waals surface area contributed by atoms with Gasteiger partial charge in [-0.15, -0.1) is 0 Å². The van der Waals surface area contributed by atoms with Crippen LogP contribution < -0.4 is 4.90 Å². The lowest BCUT2D eigenvalue weighted by molar-refractivity contribution is 0.0310. The fraction of sp³-hybridized carbons (Fsp3) is 0.571. The number of sulfonamides is 1. The van der Waals surface area contributed by atoms with Crippen molar-refractivity contribution in [3.8, 4) is 0 Å². The minimum Gasteiger partial charge on any atom is -0.443 e. The van der Waals surface area contributed by atoms with Crippen LogP contribution in [0.2, 0.25) is 5.02 Å². The molecule has 2 atom stereocenters. The normalized spacial score (nSPS) is 21.5. The van der Waals surface area contributed by atoms with E-state index in [9.17, 15) is 18.0 Å². The number of benzene rings is 1. The lowest BCUT2D eigenvalue weighted by atomic mass is 10.0. The first-order valence-electron chi connectivity index (χ1n) is 13.9. The SMILES string of the molecule is Cc1ccc(N(CCCN2CC3CN(C(=O)c4c(C)ncnc4C)CC3C2)C(=O)OC2CN(S(C)(=O)=O)C2)cc1Cl. The molecule has 3 aliphatic rings. The molecule has 11 nitrogen and oxygen atoms in total. The molecule has 2 unspecified atom stereocenters. The number of carbonyl (C=O) groups excluding carboxylic acids is 2. The third kappa shape index (κ3) is 6.50. The zero-order chi connectivity index (χ0) is 29.5. The molecular formula is C28H37ClN6O5S. The number of likely N-dealkylation sites (tertiary alicyclic amines) is 2. The predicted octanol–water partition coefficient (Wildman–Crippen LogP) is 2.74. The number of halogens is 1. The van der Waals surface area contributed by atoms with Gasteiger partial charge in [0.1, 0.15) is 12.4 Å². The van der Waals surface area contributed by atoms with Gasteiger partial charge in [-0.05, 0) is 63.3 Å². The first kappa shape index (κ1) is 29.7. The first-order valence-corrected chi connectivity index (χ1v) is 16.1. The molecule has 3 saturated heterocycles. The second-order valence-corrected chi connectivity index (χ2v) is 13.8. The molecule has 41 heavy (non-hydrogen) atoms. The van der Waals surface area contributed by atoms with E-state index in [1.54, 1.807) is 11.0 Å². The summed E-state index contributed by atoms with van der Waals surface area (Å²) in [6.45, 7) is 10.4. The minimum atomic E-state index is -3.30. The van der Waals surface area contributed by atoms with E-state index >= 15 is 0 Å². The van der Waals surface area contributed by atoms with Gasteiger partial charge in [-0.2, -0.15) is 4.31 Å². The van der Waals surface area contributed by atoms with Crippen LogP contribution in [-0.2, 0) is 14.8 Å². The predicted molar refractivity (Wildman–Crippen MR) is 156 cm³/mol. The zero-order valence-corrected chi connectivity index (χ0v) is 25.5. The number of rotatable bonds is 8. The summed E-state index contributed by atoms with van der Waals surface area (Å²) in [5, 5.41) is 0.561. The number of aromatic nitrogens is 2. The van der Waals surface area contributed by atoms with Crippen LogP contribution in [0.5, 0.6) is 0 Å². The van der Waals surface area contributed by atoms with E-state index in [0.29, 0.717) is 46.0 Å². The van der Waals surface area contributed by atoms with E-state index in [-0.39, 0.29) is 19.0 Å². The van der Waals surface area contributed by atoms with Crippen LogP contribution >= 0.6 is 11.6 Å². The Balaban J connectivity index is 1.15. The van der Waals surface area contributed by atoms with Crippen LogP contribution in [0.4, 0.5) is 10.5 Å². The molecule has 0 bridgehead atoms. The van der Waals surface area contributed by atoms with Crippen molar-refractivity contribution >= 4 is 39.3 Å². The molecule has 0 saturated carbocycles. The largest absolute Gasteiger partial charge is 0.443 e. The number of carbonyl (C=O) groups is 2. The van der Waals surface area contributed by atoms with Crippen molar-refractivity contribution in [2.75, 3.05) is 63.5 Å². The molecule has 0 aliphatic carbocycles. The lowest BCUT2D eigenvalue weighted by Gasteiger charge is -2.37. The van der Waals surface area contributed by atoms with Crippen LogP contribution in [0.3, 0.4) is 0 Å². The molecule has 4 heterocycles. The highest BCUT2D eigenvalue weighted by atomic mass is 35.5. The molecule has 0 N–H and O–H groups in total. The maximum atomic E-state index is 13.2. The topological polar surface area (TPSA) is 116 Å². The molecule has 2 amide bonds. The second kappa shape index (κ2) is 11.8. The quantitative estimate of drug-likeness (QED) is 0.452. The Morgan fingerprint density at radius 3 is 2.24 bits per heavy atom. The molecule has 222 valence electrons. The van der Waals surface area contributed by atoms with Crippen LogP contribution in [0.25, 0.3) is 0 Å². The molecule has 3 fully saturated rings. The Kier molecular flexibility index (Phi) is 8.56. The standard InChI is InChI=1S/C28H37ClN6O5S/c1-18-6-7-23(10-25(18)29)35(28(37)40-24-15-34(16-24)41(4,38)39)9-5-8-32-11-21-13-33(14-22(21)12-32)27(36)26-19(2)30-17-31-20(26)3/h6-7,10,17,21-22,24H,5,8-9,11-16H2,1-4H3. The van der Waals surface area contributed by atoms with Gasteiger partial charge in [0.25, 0.3) is 5.91 Å². The summed E-state index contributed by atoms with van der Waals surface area (Å²) >= 11 is 6.36. The number of hydrogen-bond donors (Lipinski definition) is 0. The van der Waals surface area contributed by atoms with Crippen molar-refractivity contribution in [2.24, 2.45) is 11.8 Å². The van der Waals surface area contributed by atoms with Crippen LogP contribution in [0.1, 0.15) is 33.7 Å². The van der Waals surface area contributed by atoms with Crippen molar-refractivity contribution in [3.63, 3.8) is 0 Å². The Bertz CT molecular complexity index is 1400. The van der Waals surface area contributed by atoms with Gasteiger partial charge in [-0.25, -0.2) is 23.2 Å². The third-order valence-electron chi connectivity index (χ3n) is 8.38. The molecule has 1 aromatic carbocycles. The van der Waals surface area contributed by atoms with Gasteiger partial charge >= 0.3 is 6.09 Å². The Morgan fingerprint density at radius 2 is 1.66 bits per heavy atom. The van der Waals surface area contributed by atoms with Crippen LogP contribution in [-0.4, -0.2) is 109 Å². The molecule has 2 aromatic rings. The summed E-state index contributed by atoms with van der Waals surface area (Å²) in [6.07, 6.45) is 2.38. The maximum absolute atomic E-state index is 13.2. The minimum absolute atomic E-state index is 0.0126. The van der Waals surface area contributed by atoms with Gasteiger partial charge in [0, 0.05) is 43.4 Å². The highest BCUT2D eigenvalue weighted by Crippen LogP contribution is 2.33. The molecule has 1 aromatic heterocycles. The monoisotopic (exact) mass is 604 g/mol. The zero-order valence-electron chi connectivity index (χ0n) is 23.9. The van der Waals surface area contributed by atoms with Gasteiger partial charge in [-0.3, -0.25) is 9.69 Å². The van der Waals surface area contributed by atoms with Gasteiger partial charge in [-0.1, -0.05) is 17.7 Å². The highest BCUT2D eigenvalue weighted by Gasteiger charge is 2.42. The summed E-state index contributed by atoms with van der Waals surface area (Å²) < 4.78 is 30.3. The summed E-state index contributed by atoms with van der Waals surface area (Å²) in [7, 11) is -3.30. The van der Waals surface area contributed by atoms with Crippen molar-refractivity contribution < 1.29 is 22.7 Å². The first-order chi connectivity index (χ1) is 19.4. The molecule has 0 radical (unpaired) electrons. The van der Waals surface area contributed by atoms with E-state index in [4.69, 9.17) is 16.3 Å². The molecule has 0 spiro atoms. The van der Waals surface area contributed by atoms with Gasteiger partial charge in [0.05, 0.1) is 36.3 Å². The summed E-state index contributed by atoms with van der Waals surface area (Å²) in [5.74, 6) is 0.841. The number of aryl methyl sites for hydroxylation is 3. The second-order valence-electron chi connectivity index (χ2n) is 11.4. The number of ether oxygens (including phenoxy) is 1. The van der Waals surface area contributed by atoms with Crippen molar-refractivity contribution in [1.82, 2.24) is 24.1 Å². The fourth-order valence-electron chi connectivity index (χ4n) is 5.98. The number of fused-ring (bicyclic) bond motifs is 1. The fourth-order valence-corrected chi connectivity index (χ4v) is 7.03. The Morgan fingerprint density at radius 1 is 1.02 bits per heavy atom. The van der Waals surface area contributed by atoms with Crippen molar-refractivity contribution in [3.05, 3.63) is 52.1 Å². The van der Waals surface area contributed by atoms with Crippen molar-refractivity contribution in [2.45, 2.75) is 33.3 Å². The number of amides is 2. The van der Waals surface area contributed by atoms with E-state index < -0.39 is 22.2 Å². The lowest BCUT2D eigenvalue weighted by Crippen LogP contribution is -2.56. The van der Waals surface area contributed by atoms with Crippen LogP contribution in [0.15, 0.2) is 24.5 Å². The smallest absolute Gasteiger partial charge is 0.414 e. The van der Waals surface area contributed by atoms with E-state index in [1.165, 1.54) is 10.6 Å². The molecule has 5 rings (SSSR count). The third-order valence-corrected chi connectivity index (χ3v) is 10.0. The number of nitrogens with zero attached hydrogens (tertiary/aromatic N) is 6. The molecule has 13 heteroatoms. The Labute approximate surface area is 246 Å². The summed E-state index contributed by atoms with van der Waals surface area (Å²) in [6, 6.07) is 5.47. The highest BCUT2D eigenvalue weighted by molar-refractivity contribution is 7.88.